The fourth-order valence-corrected chi connectivity index (χ4v) is 2.52. The van der Waals surface area contributed by atoms with E-state index < -0.39 is 6.61 Å². The number of hydrogen-bond donors (Lipinski definition) is 2. The Labute approximate surface area is 139 Å². The fraction of sp³-hybridized carbons (Fsp3) is 0.533. The molecule has 7 nitrogen and oxygen atoms in total. The number of nitrogens with one attached hydrogen (secondary N) is 1. The van der Waals surface area contributed by atoms with Crippen molar-refractivity contribution in [3.05, 3.63) is 12.1 Å². The number of carbonyl (C=O) groups excluding carboxylic acids is 1. The molecule has 24 heavy (non-hydrogen) atoms. The topological polar surface area (TPSA) is 80.1 Å². The molecule has 9 heteroatoms. The van der Waals surface area contributed by atoms with Crippen LogP contribution in [-0.2, 0) is 9.53 Å². The van der Waals surface area contributed by atoms with Gasteiger partial charge in [-0.25, -0.2) is 0 Å². The van der Waals surface area contributed by atoms with Crippen molar-refractivity contribution in [3.8, 4) is 5.75 Å². The Morgan fingerprint density at radius 2 is 2.17 bits per heavy atom. The molecule has 0 bridgehead atoms. The zero-order chi connectivity index (χ0) is 17.5. The number of likely N-dealkylation sites (N-methyl/N-ethyl adjacent to an activating group) is 1. The summed E-state index contributed by atoms with van der Waals surface area (Å²) in [6, 6.07) is 2.82. The molecule has 0 radical (unpaired) electrons. The average Bonchev–Trinajstić information content (AvgIpc) is 2.56. The third-order valence-corrected chi connectivity index (χ3v) is 3.83. The SMILES string of the molecule is CN(CCN1CCOCC1)c1cc(OC(F)F)c(N)cc1NC=O. The van der Waals surface area contributed by atoms with Crippen LogP contribution in [0, 0.1) is 0 Å². The van der Waals surface area contributed by atoms with E-state index in [2.05, 4.69) is 15.0 Å². The van der Waals surface area contributed by atoms with Crippen LogP contribution >= 0.6 is 0 Å². The lowest BCUT2D eigenvalue weighted by Gasteiger charge is -2.30. The van der Waals surface area contributed by atoms with Crippen LogP contribution < -0.4 is 20.7 Å². The second-order valence-electron chi connectivity index (χ2n) is 5.42. The Kier molecular flexibility index (Phi) is 6.56. The van der Waals surface area contributed by atoms with Gasteiger partial charge in [0.15, 0.2) is 5.75 Å². The number of morpholine rings is 1. The van der Waals surface area contributed by atoms with Gasteiger partial charge in [0.25, 0.3) is 0 Å². The molecule has 1 aliphatic heterocycles. The zero-order valence-corrected chi connectivity index (χ0v) is 13.5. The number of benzene rings is 1. The molecule has 3 N–H and O–H groups in total. The van der Waals surface area contributed by atoms with Crippen molar-refractivity contribution in [2.75, 3.05) is 62.4 Å². The summed E-state index contributed by atoms with van der Waals surface area (Å²) in [7, 11) is 1.81. The lowest BCUT2D eigenvalue weighted by molar-refractivity contribution is -0.105. The number of amides is 1. The van der Waals surface area contributed by atoms with Gasteiger partial charge < -0.3 is 25.4 Å². The fourth-order valence-electron chi connectivity index (χ4n) is 2.52. The summed E-state index contributed by atoms with van der Waals surface area (Å²) in [4.78, 5) is 14.9. The highest BCUT2D eigenvalue weighted by molar-refractivity contribution is 5.85. The second-order valence-corrected chi connectivity index (χ2v) is 5.42. The van der Waals surface area contributed by atoms with Gasteiger partial charge in [0, 0.05) is 39.3 Å². The Bertz CT molecular complexity index is 554. The highest BCUT2D eigenvalue weighted by Gasteiger charge is 2.17. The Hall–Kier alpha value is -2.13. The minimum Gasteiger partial charge on any atom is -0.433 e. The van der Waals surface area contributed by atoms with E-state index >= 15 is 0 Å². The van der Waals surface area contributed by atoms with E-state index in [1.54, 1.807) is 0 Å². The third kappa shape index (κ3) is 4.93. The van der Waals surface area contributed by atoms with Gasteiger partial charge in [0.05, 0.1) is 30.3 Å². The number of carbonyl (C=O) groups is 1. The minimum atomic E-state index is -2.97. The molecule has 0 atom stereocenters. The molecule has 1 aromatic rings. The van der Waals surface area contributed by atoms with Crippen molar-refractivity contribution in [1.82, 2.24) is 4.90 Å². The van der Waals surface area contributed by atoms with Gasteiger partial charge in [-0.1, -0.05) is 0 Å². The minimum absolute atomic E-state index is 0.0324. The second kappa shape index (κ2) is 8.65. The first-order chi connectivity index (χ1) is 11.5. The van der Waals surface area contributed by atoms with Crippen molar-refractivity contribution in [2.45, 2.75) is 6.61 Å². The van der Waals surface area contributed by atoms with Crippen molar-refractivity contribution in [3.63, 3.8) is 0 Å². The van der Waals surface area contributed by atoms with Crippen molar-refractivity contribution >= 4 is 23.5 Å². The molecule has 0 unspecified atom stereocenters. The monoisotopic (exact) mass is 344 g/mol. The maximum Gasteiger partial charge on any atom is 0.387 e. The summed E-state index contributed by atoms with van der Waals surface area (Å²) in [6.45, 7) is 1.58. The highest BCUT2D eigenvalue weighted by atomic mass is 19.3. The van der Waals surface area contributed by atoms with Gasteiger partial charge in [-0.15, -0.1) is 0 Å². The average molecular weight is 344 g/mol. The first-order valence-electron chi connectivity index (χ1n) is 7.61. The van der Waals surface area contributed by atoms with Gasteiger partial charge >= 0.3 is 6.61 Å². The molecule has 2 rings (SSSR count). The Morgan fingerprint density at radius 1 is 1.46 bits per heavy atom. The number of nitrogens with two attached hydrogens (primary N) is 1. The number of alkyl halides is 2. The molecule has 134 valence electrons. The molecule has 1 aromatic carbocycles. The summed E-state index contributed by atoms with van der Waals surface area (Å²) in [5.74, 6) is -0.116. The standard InChI is InChI=1S/C15H22F2N4O3/c1-20(2-3-21-4-6-23-7-5-21)13-9-14(24-15(16)17)11(18)8-12(13)19-10-22/h8-10,15H,2-7,18H2,1H3,(H,19,22). The maximum atomic E-state index is 12.5. The van der Waals surface area contributed by atoms with Gasteiger partial charge in [0.1, 0.15) is 0 Å². The quantitative estimate of drug-likeness (QED) is 0.545. The van der Waals surface area contributed by atoms with Crippen LogP contribution in [0.15, 0.2) is 12.1 Å². The summed E-state index contributed by atoms with van der Waals surface area (Å²) in [5, 5.41) is 2.54. The number of rotatable bonds is 8. The van der Waals surface area contributed by atoms with E-state index in [1.165, 1.54) is 12.1 Å². The molecule has 0 aromatic heterocycles. The third-order valence-electron chi connectivity index (χ3n) is 3.83. The van der Waals surface area contributed by atoms with E-state index in [0.29, 0.717) is 37.5 Å². The number of halogens is 2. The molecule has 0 aliphatic carbocycles. The molecular weight excluding hydrogens is 322 g/mol. The van der Waals surface area contributed by atoms with Gasteiger partial charge in [-0.2, -0.15) is 8.78 Å². The van der Waals surface area contributed by atoms with E-state index in [0.717, 1.165) is 19.6 Å². The van der Waals surface area contributed by atoms with Crippen LogP contribution in [0.4, 0.5) is 25.8 Å². The summed E-state index contributed by atoms with van der Waals surface area (Å²) in [5.41, 5.74) is 6.73. The molecular formula is C15H22F2N4O3. The summed E-state index contributed by atoms with van der Waals surface area (Å²) >= 11 is 0. The predicted molar refractivity (Wildman–Crippen MR) is 87.7 cm³/mol. The number of hydrogen-bond acceptors (Lipinski definition) is 6. The van der Waals surface area contributed by atoms with Crippen LogP contribution in [0.3, 0.4) is 0 Å². The Balaban J connectivity index is 2.13. The van der Waals surface area contributed by atoms with E-state index in [4.69, 9.17) is 10.5 Å². The molecule has 0 saturated carbocycles. The van der Waals surface area contributed by atoms with Crippen LogP contribution in [-0.4, -0.2) is 64.4 Å². The largest absolute Gasteiger partial charge is 0.433 e. The highest BCUT2D eigenvalue weighted by Crippen LogP contribution is 2.35. The van der Waals surface area contributed by atoms with Crippen LogP contribution in [0.1, 0.15) is 0 Å². The maximum absolute atomic E-state index is 12.5. The van der Waals surface area contributed by atoms with Crippen molar-refractivity contribution in [2.24, 2.45) is 0 Å². The molecule has 0 spiro atoms. The normalized spacial score (nSPS) is 15.3. The number of anilines is 3. The van der Waals surface area contributed by atoms with Crippen molar-refractivity contribution in [1.29, 1.82) is 0 Å². The van der Waals surface area contributed by atoms with Crippen molar-refractivity contribution < 1.29 is 23.0 Å². The predicted octanol–water partition coefficient (Wildman–Crippen LogP) is 1.21. The van der Waals surface area contributed by atoms with E-state index in [-0.39, 0.29) is 11.4 Å². The molecule has 1 fully saturated rings. The van der Waals surface area contributed by atoms with Crippen LogP contribution in [0.25, 0.3) is 0 Å². The lowest BCUT2D eigenvalue weighted by Crippen LogP contribution is -2.40. The van der Waals surface area contributed by atoms with Gasteiger partial charge in [-0.05, 0) is 6.07 Å². The van der Waals surface area contributed by atoms with Crippen LogP contribution in [0.2, 0.25) is 0 Å². The molecule has 1 aliphatic rings. The van der Waals surface area contributed by atoms with Gasteiger partial charge in [-0.3, -0.25) is 9.69 Å². The Morgan fingerprint density at radius 3 is 2.79 bits per heavy atom. The number of ether oxygens (including phenoxy) is 2. The summed E-state index contributed by atoms with van der Waals surface area (Å²) in [6.07, 6.45) is 0.516. The molecule has 1 saturated heterocycles. The molecule has 1 amide bonds. The van der Waals surface area contributed by atoms with Gasteiger partial charge in [0.2, 0.25) is 6.41 Å². The first kappa shape index (κ1) is 18.2. The summed E-state index contributed by atoms with van der Waals surface area (Å²) < 4.78 is 34.7. The molecule has 1 heterocycles. The number of nitrogen functional groups attached to an aromatic ring is 1. The smallest absolute Gasteiger partial charge is 0.387 e. The first-order valence-corrected chi connectivity index (χ1v) is 7.61. The lowest BCUT2D eigenvalue weighted by atomic mass is 10.2. The van der Waals surface area contributed by atoms with E-state index in [9.17, 15) is 13.6 Å². The zero-order valence-electron chi connectivity index (χ0n) is 13.5. The van der Waals surface area contributed by atoms with E-state index in [1.807, 2.05) is 11.9 Å². The van der Waals surface area contributed by atoms with Crippen LogP contribution in [0.5, 0.6) is 5.75 Å². The number of nitrogens with zero attached hydrogens (tertiary/aromatic N) is 2.